The topological polar surface area (TPSA) is 58.8 Å². The molecule has 3 aliphatic rings. The first-order chi connectivity index (χ1) is 10.3. The van der Waals surface area contributed by atoms with Gasteiger partial charge in [0.05, 0.1) is 19.3 Å². The van der Waals surface area contributed by atoms with Crippen LogP contribution in [0.15, 0.2) is 0 Å². The SMILES string of the molecule is NCC1CN(CC(=O)N2CCCC3CCCCC32)CCO1. The van der Waals surface area contributed by atoms with Crippen molar-refractivity contribution in [3.8, 4) is 0 Å². The molecule has 1 saturated carbocycles. The number of hydrogen-bond donors (Lipinski definition) is 1. The highest BCUT2D eigenvalue weighted by Crippen LogP contribution is 2.35. The van der Waals surface area contributed by atoms with E-state index >= 15 is 0 Å². The number of piperidine rings is 1. The summed E-state index contributed by atoms with van der Waals surface area (Å²) in [6.07, 6.45) is 7.77. The minimum atomic E-state index is 0.0929. The van der Waals surface area contributed by atoms with Crippen molar-refractivity contribution in [3.05, 3.63) is 0 Å². The van der Waals surface area contributed by atoms with Crippen LogP contribution in [0.2, 0.25) is 0 Å². The zero-order valence-electron chi connectivity index (χ0n) is 13.0. The maximum Gasteiger partial charge on any atom is 0.237 e. The molecule has 5 nitrogen and oxygen atoms in total. The van der Waals surface area contributed by atoms with E-state index in [9.17, 15) is 4.79 Å². The first-order valence-electron chi connectivity index (χ1n) is 8.61. The smallest absolute Gasteiger partial charge is 0.237 e. The van der Waals surface area contributed by atoms with Crippen molar-refractivity contribution in [2.45, 2.75) is 50.7 Å². The minimum Gasteiger partial charge on any atom is -0.374 e. The lowest BCUT2D eigenvalue weighted by Gasteiger charge is -2.45. The molecule has 0 radical (unpaired) electrons. The molecule has 2 heterocycles. The fourth-order valence-corrected chi connectivity index (χ4v) is 4.28. The van der Waals surface area contributed by atoms with Gasteiger partial charge in [-0.2, -0.15) is 0 Å². The van der Waals surface area contributed by atoms with Crippen LogP contribution >= 0.6 is 0 Å². The van der Waals surface area contributed by atoms with E-state index in [0.717, 1.165) is 25.6 Å². The predicted molar refractivity (Wildman–Crippen MR) is 81.9 cm³/mol. The maximum absolute atomic E-state index is 12.7. The Hall–Kier alpha value is -0.650. The lowest BCUT2D eigenvalue weighted by molar-refractivity contribution is -0.140. The second-order valence-electron chi connectivity index (χ2n) is 6.80. The van der Waals surface area contributed by atoms with Gasteiger partial charge in [-0.25, -0.2) is 0 Å². The summed E-state index contributed by atoms with van der Waals surface area (Å²) in [5, 5.41) is 0. The van der Waals surface area contributed by atoms with Gasteiger partial charge in [-0.3, -0.25) is 9.69 Å². The normalized spacial score (nSPS) is 34.5. The van der Waals surface area contributed by atoms with Crippen molar-refractivity contribution < 1.29 is 9.53 Å². The van der Waals surface area contributed by atoms with Gasteiger partial charge in [0.25, 0.3) is 0 Å². The number of carbonyl (C=O) groups excluding carboxylic acids is 1. The quantitative estimate of drug-likeness (QED) is 0.838. The molecular formula is C16H29N3O2. The van der Waals surface area contributed by atoms with Crippen LogP contribution in [0.3, 0.4) is 0 Å². The standard InChI is InChI=1S/C16H29N3O2/c17-10-14-11-18(8-9-21-14)12-16(20)19-7-3-5-13-4-1-2-6-15(13)19/h13-15H,1-12,17H2. The summed E-state index contributed by atoms with van der Waals surface area (Å²) in [7, 11) is 0. The van der Waals surface area contributed by atoms with Crippen LogP contribution in [0, 0.1) is 5.92 Å². The molecule has 1 amide bonds. The largest absolute Gasteiger partial charge is 0.374 e. The molecule has 120 valence electrons. The Morgan fingerprint density at radius 1 is 1.14 bits per heavy atom. The Balaban J connectivity index is 1.56. The third-order valence-corrected chi connectivity index (χ3v) is 5.41. The molecule has 0 aromatic rings. The number of nitrogens with two attached hydrogens (primary N) is 1. The van der Waals surface area contributed by atoms with Crippen molar-refractivity contribution in [2.75, 3.05) is 39.3 Å². The zero-order valence-corrected chi connectivity index (χ0v) is 13.0. The van der Waals surface area contributed by atoms with Crippen LogP contribution in [0.1, 0.15) is 38.5 Å². The lowest BCUT2D eigenvalue weighted by atomic mass is 9.78. The highest BCUT2D eigenvalue weighted by Gasteiger charge is 2.36. The number of nitrogens with zero attached hydrogens (tertiary/aromatic N) is 2. The van der Waals surface area contributed by atoms with Gasteiger partial charge < -0.3 is 15.4 Å². The summed E-state index contributed by atoms with van der Waals surface area (Å²) in [5.41, 5.74) is 5.68. The van der Waals surface area contributed by atoms with Gasteiger partial charge in [-0.15, -0.1) is 0 Å². The summed E-state index contributed by atoms with van der Waals surface area (Å²) in [5.74, 6) is 1.09. The summed E-state index contributed by atoms with van der Waals surface area (Å²) in [6.45, 7) is 4.39. The van der Waals surface area contributed by atoms with Gasteiger partial charge in [0.15, 0.2) is 0 Å². The molecule has 2 aliphatic heterocycles. The summed E-state index contributed by atoms with van der Waals surface area (Å²) in [6, 6.07) is 0.520. The average Bonchev–Trinajstić information content (AvgIpc) is 2.54. The number of carbonyl (C=O) groups is 1. The Labute approximate surface area is 127 Å². The zero-order chi connectivity index (χ0) is 14.7. The fraction of sp³-hybridized carbons (Fsp3) is 0.938. The fourth-order valence-electron chi connectivity index (χ4n) is 4.28. The molecule has 0 aromatic carbocycles. The molecule has 0 aromatic heterocycles. The van der Waals surface area contributed by atoms with Gasteiger partial charge in [0.2, 0.25) is 5.91 Å². The van der Waals surface area contributed by atoms with E-state index in [2.05, 4.69) is 9.80 Å². The summed E-state index contributed by atoms with van der Waals surface area (Å²) >= 11 is 0. The van der Waals surface area contributed by atoms with Crippen molar-refractivity contribution in [3.63, 3.8) is 0 Å². The molecule has 0 spiro atoms. The van der Waals surface area contributed by atoms with Gasteiger partial charge in [-0.05, 0) is 31.6 Å². The van der Waals surface area contributed by atoms with Crippen molar-refractivity contribution in [1.82, 2.24) is 9.80 Å². The molecule has 3 atom stereocenters. The van der Waals surface area contributed by atoms with Crippen molar-refractivity contribution in [2.24, 2.45) is 11.7 Å². The molecule has 5 heteroatoms. The van der Waals surface area contributed by atoms with Crippen LogP contribution < -0.4 is 5.73 Å². The van der Waals surface area contributed by atoms with Gasteiger partial charge in [0, 0.05) is 32.2 Å². The molecule has 3 unspecified atom stereocenters. The van der Waals surface area contributed by atoms with Crippen LogP contribution in [0.5, 0.6) is 0 Å². The third-order valence-electron chi connectivity index (χ3n) is 5.41. The maximum atomic E-state index is 12.7. The highest BCUT2D eigenvalue weighted by molar-refractivity contribution is 5.78. The Bertz CT molecular complexity index is 361. The second kappa shape index (κ2) is 7.07. The summed E-state index contributed by atoms with van der Waals surface area (Å²) < 4.78 is 5.58. The Morgan fingerprint density at radius 2 is 1.95 bits per heavy atom. The van der Waals surface area contributed by atoms with Crippen LogP contribution in [0.4, 0.5) is 0 Å². The molecule has 3 rings (SSSR count). The van der Waals surface area contributed by atoms with E-state index in [1.54, 1.807) is 0 Å². The molecule has 3 fully saturated rings. The van der Waals surface area contributed by atoms with E-state index in [1.165, 1.54) is 38.5 Å². The Kier molecular flexibility index (Phi) is 5.14. The first kappa shape index (κ1) is 15.3. The molecule has 2 N–H and O–H groups in total. The number of amides is 1. The highest BCUT2D eigenvalue weighted by atomic mass is 16.5. The predicted octanol–water partition coefficient (Wildman–Crippen LogP) is 0.827. The van der Waals surface area contributed by atoms with Crippen LogP contribution in [-0.4, -0.2) is 67.2 Å². The van der Waals surface area contributed by atoms with Gasteiger partial charge in [0.1, 0.15) is 0 Å². The number of morpholine rings is 1. The van der Waals surface area contributed by atoms with E-state index in [0.29, 0.717) is 31.6 Å². The average molecular weight is 295 g/mol. The number of rotatable bonds is 3. The van der Waals surface area contributed by atoms with E-state index in [1.807, 2.05) is 0 Å². The van der Waals surface area contributed by atoms with Crippen LogP contribution in [0.25, 0.3) is 0 Å². The molecule has 2 saturated heterocycles. The Morgan fingerprint density at radius 3 is 2.81 bits per heavy atom. The number of fused-ring (bicyclic) bond motifs is 1. The minimum absolute atomic E-state index is 0.0929. The second-order valence-corrected chi connectivity index (χ2v) is 6.80. The van der Waals surface area contributed by atoms with E-state index in [4.69, 9.17) is 10.5 Å². The molecule has 1 aliphatic carbocycles. The molecule has 0 bridgehead atoms. The van der Waals surface area contributed by atoms with Crippen molar-refractivity contribution >= 4 is 5.91 Å². The van der Waals surface area contributed by atoms with Gasteiger partial charge in [-0.1, -0.05) is 12.8 Å². The lowest BCUT2D eigenvalue weighted by Crippen LogP contribution is -2.54. The third kappa shape index (κ3) is 3.58. The summed E-state index contributed by atoms with van der Waals surface area (Å²) in [4.78, 5) is 17.1. The number of ether oxygens (including phenoxy) is 1. The van der Waals surface area contributed by atoms with Crippen molar-refractivity contribution in [1.29, 1.82) is 0 Å². The number of likely N-dealkylation sites (tertiary alicyclic amines) is 1. The monoisotopic (exact) mass is 295 g/mol. The van der Waals surface area contributed by atoms with Gasteiger partial charge >= 0.3 is 0 Å². The van der Waals surface area contributed by atoms with E-state index in [-0.39, 0.29) is 6.10 Å². The van der Waals surface area contributed by atoms with Crippen LogP contribution in [-0.2, 0) is 9.53 Å². The molecular weight excluding hydrogens is 266 g/mol. The molecule has 21 heavy (non-hydrogen) atoms. The number of hydrogen-bond acceptors (Lipinski definition) is 4. The van der Waals surface area contributed by atoms with E-state index < -0.39 is 0 Å². The first-order valence-corrected chi connectivity index (χ1v) is 8.61.